The van der Waals surface area contributed by atoms with Gasteiger partial charge in [-0.3, -0.25) is 14.9 Å². The number of nitrogens with one attached hydrogen (secondary N) is 2. The number of methoxy groups -OCH3 is 1. The van der Waals surface area contributed by atoms with Crippen LogP contribution in [0.3, 0.4) is 0 Å². The molecule has 1 aliphatic rings. The van der Waals surface area contributed by atoms with Crippen LogP contribution in [0, 0.1) is 0 Å². The summed E-state index contributed by atoms with van der Waals surface area (Å²) >= 11 is 3.53. The normalized spacial score (nSPS) is 15.2. The average molecular weight is 356 g/mol. The number of carbonyl (C=O) groups excluding carboxylic acids is 2. The summed E-state index contributed by atoms with van der Waals surface area (Å²) < 4.78 is 5.93. The zero-order valence-corrected chi connectivity index (χ0v) is 13.4. The van der Waals surface area contributed by atoms with Crippen molar-refractivity contribution in [3.63, 3.8) is 0 Å². The Morgan fingerprint density at radius 2 is 2.05 bits per heavy atom. The van der Waals surface area contributed by atoms with Crippen molar-refractivity contribution in [3.05, 3.63) is 28.2 Å². The Hall–Kier alpha value is -1.44. The van der Waals surface area contributed by atoms with E-state index in [9.17, 15) is 9.59 Å². The zero-order valence-electron chi connectivity index (χ0n) is 11.8. The lowest BCUT2D eigenvalue weighted by Gasteiger charge is -2.27. The van der Waals surface area contributed by atoms with Gasteiger partial charge in [0.05, 0.1) is 19.7 Å². The Bertz CT molecular complexity index is 520. The Balaban J connectivity index is 2.01. The molecular weight excluding hydrogens is 338 g/mol. The van der Waals surface area contributed by atoms with Crippen molar-refractivity contribution in [1.82, 2.24) is 10.6 Å². The van der Waals surface area contributed by atoms with Gasteiger partial charge in [-0.05, 0) is 17.7 Å². The van der Waals surface area contributed by atoms with Crippen LogP contribution in [-0.4, -0.2) is 45.2 Å². The van der Waals surface area contributed by atoms with Crippen molar-refractivity contribution in [3.8, 4) is 0 Å². The van der Waals surface area contributed by atoms with Gasteiger partial charge in [0.15, 0.2) is 0 Å². The molecule has 0 aliphatic carbocycles. The number of benzene rings is 1. The number of imide groups is 1. The summed E-state index contributed by atoms with van der Waals surface area (Å²) in [6.45, 7) is 2.57. The first-order valence-electron chi connectivity index (χ1n) is 6.66. The zero-order chi connectivity index (χ0) is 15.2. The monoisotopic (exact) mass is 355 g/mol. The number of nitrogens with zero attached hydrogens (tertiary/aromatic N) is 1. The number of anilines is 1. The summed E-state index contributed by atoms with van der Waals surface area (Å²) in [7, 11) is 1.67. The number of rotatable bonds is 6. The number of hydrogen-bond donors (Lipinski definition) is 2. The van der Waals surface area contributed by atoms with E-state index in [0.29, 0.717) is 6.61 Å². The highest BCUT2D eigenvalue weighted by Crippen LogP contribution is 2.24. The van der Waals surface area contributed by atoms with Gasteiger partial charge >= 0.3 is 0 Å². The molecular formula is C14H18BrN3O3. The smallest absolute Gasteiger partial charge is 0.246 e. The SMILES string of the molecule is COCCNCc1ccc(N2CC(=O)NC(=O)C2)cc1Br. The van der Waals surface area contributed by atoms with Crippen LogP contribution in [0.4, 0.5) is 5.69 Å². The number of carbonyl (C=O) groups is 2. The van der Waals surface area contributed by atoms with Crippen molar-refractivity contribution < 1.29 is 14.3 Å². The molecule has 1 aliphatic heterocycles. The number of hydrogen-bond acceptors (Lipinski definition) is 5. The standard InChI is InChI=1S/C14H18BrN3O3/c1-21-5-4-16-7-10-2-3-11(6-12(10)15)18-8-13(19)17-14(20)9-18/h2-3,6,16H,4-5,7-9H2,1H3,(H,17,19,20). The predicted molar refractivity (Wildman–Crippen MR) is 83.1 cm³/mol. The maximum absolute atomic E-state index is 11.4. The van der Waals surface area contributed by atoms with Gasteiger partial charge in [-0.1, -0.05) is 22.0 Å². The lowest BCUT2D eigenvalue weighted by atomic mass is 10.1. The Kier molecular flexibility index (Phi) is 5.72. The molecule has 6 nitrogen and oxygen atoms in total. The quantitative estimate of drug-likeness (QED) is 0.579. The molecule has 0 radical (unpaired) electrons. The lowest BCUT2D eigenvalue weighted by molar-refractivity contribution is -0.130. The van der Waals surface area contributed by atoms with Crippen LogP contribution >= 0.6 is 15.9 Å². The summed E-state index contributed by atoms with van der Waals surface area (Å²) in [4.78, 5) is 24.6. The molecule has 0 bridgehead atoms. The molecule has 0 atom stereocenters. The van der Waals surface area contributed by atoms with E-state index in [1.165, 1.54) is 0 Å². The summed E-state index contributed by atoms with van der Waals surface area (Å²) in [6.07, 6.45) is 0. The van der Waals surface area contributed by atoms with E-state index in [-0.39, 0.29) is 24.9 Å². The van der Waals surface area contributed by atoms with Crippen molar-refractivity contribution >= 4 is 33.4 Å². The highest BCUT2D eigenvalue weighted by atomic mass is 79.9. The third-order valence-electron chi connectivity index (χ3n) is 3.15. The second-order valence-electron chi connectivity index (χ2n) is 4.77. The third-order valence-corrected chi connectivity index (χ3v) is 3.89. The number of ether oxygens (including phenoxy) is 1. The van der Waals surface area contributed by atoms with Crippen LogP contribution in [0.15, 0.2) is 22.7 Å². The van der Waals surface area contributed by atoms with Crippen molar-refractivity contribution in [2.75, 3.05) is 38.3 Å². The molecule has 2 amide bonds. The Labute approximate surface area is 132 Å². The molecule has 0 aromatic heterocycles. The minimum absolute atomic E-state index is 0.198. The molecule has 1 fully saturated rings. The topological polar surface area (TPSA) is 70.7 Å². The largest absolute Gasteiger partial charge is 0.383 e. The molecule has 1 saturated heterocycles. The minimum atomic E-state index is -0.271. The second-order valence-corrected chi connectivity index (χ2v) is 5.63. The van der Waals surface area contributed by atoms with Gasteiger partial charge in [0, 0.05) is 30.4 Å². The predicted octanol–water partition coefficient (Wildman–Crippen LogP) is 0.648. The number of piperazine rings is 1. The molecule has 7 heteroatoms. The van der Waals surface area contributed by atoms with Crippen molar-refractivity contribution in [1.29, 1.82) is 0 Å². The van der Waals surface area contributed by atoms with Gasteiger partial charge in [-0.25, -0.2) is 0 Å². The summed E-state index contributed by atoms with van der Waals surface area (Å²) in [6, 6.07) is 5.83. The van der Waals surface area contributed by atoms with Crippen LogP contribution in [0.25, 0.3) is 0 Å². The first kappa shape index (κ1) is 15.9. The Morgan fingerprint density at radius 3 is 2.67 bits per heavy atom. The fourth-order valence-corrected chi connectivity index (χ4v) is 2.60. The molecule has 0 spiro atoms. The van der Waals surface area contributed by atoms with Crippen LogP contribution in [0.2, 0.25) is 0 Å². The van der Waals surface area contributed by atoms with Gasteiger partial charge in [-0.2, -0.15) is 0 Å². The highest BCUT2D eigenvalue weighted by molar-refractivity contribution is 9.10. The number of amides is 2. The first-order valence-corrected chi connectivity index (χ1v) is 7.45. The van der Waals surface area contributed by atoms with E-state index in [4.69, 9.17) is 4.74 Å². The molecule has 1 heterocycles. The first-order chi connectivity index (χ1) is 10.1. The molecule has 21 heavy (non-hydrogen) atoms. The van der Waals surface area contributed by atoms with E-state index >= 15 is 0 Å². The van der Waals surface area contributed by atoms with Crippen LogP contribution in [-0.2, 0) is 20.9 Å². The lowest BCUT2D eigenvalue weighted by Crippen LogP contribution is -2.51. The molecule has 0 unspecified atom stereocenters. The van der Waals surface area contributed by atoms with Gasteiger partial charge in [-0.15, -0.1) is 0 Å². The maximum Gasteiger partial charge on any atom is 0.246 e. The van der Waals surface area contributed by atoms with Crippen LogP contribution < -0.4 is 15.5 Å². The molecule has 2 N–H and O–H groups in total. The molecule has 0 saturated carbocycles. The van der Waals surface area contributed by atoms with E-state index in [0.717, 1.165) is 28.8 Å². The molecule has 114 valence electrons. The van der Waals surface area contributed by atoms with Gasteiger partial charge < -0.3 is 15.0 Å². The van der Waals surface area contributed by atoms with E-state index < -0.39 is 0 Å². The summed E-state index contributed by atoms with van der Waals surface area (Å²) in [5, 5.41) is 5.56. The van der Waals surface area contributed by atoms with Crippen molar-refractivity contribution in [2.24, 2.45) is 0 Å². The molecule has 1 aromatic rings. The Morgan fingerprint density at radius 1 is 1.33 bits per heavy atom. The van der Waals surface area contributed by atoms with Gasteiger partial charge in [0.2, 0.25) is 11.8 Å². The summed E-state index contributed by atoms with van der Waals surface area (Å²) in [5.41, 5.74) is 1.97. The van der Waals surface area contributed by atoms with Crippen LogP contribution in [0.5, 0.6) is 0 Å². The van der Waals surface area contributed by atoms with Gasteiger partial charge in [0.25, 0.3) is 0 Å². The maximum atomic E-state index is 11.4. The van der Waals surface area contributed by atoms with E-state index in [2.05, 4.69) is 26.6 Å². The van der Waals surface area contributed by atoms with Gasteiger partial charge in [0.1, 0.15) is 0 Å². The van der Waals surface area contributed by atoms with Crippen LogP contribution in [0.1, 0.15) is 5.56 Å². The van der Waals surface area contributed by atoms with E-state index in [1.54, 1.807) is 12.0 Å². The third kappa shape index (κ3) is 4.52. The average Bonchev–Trinajstić information content (AvgIpc) is 2.44. The second kappa shape index (κ2) is 7.53. The minimum Gasteiger partial charge on any atom is -0.383 e. The van der Waals surface area contributed by atoms with Crippen molar-refractivity contribution in [2.45, 2.75) is 6.54 Å². The van der Waals surface area contributed by atoms with E-state index in [1.807, 2.05) is 18.2 Å². The molecule has 2 rings (SSSR count). The number of halogens is 1. The molecule has 1 aromatic carbocycles. The fraction of sp³-hybridized carbons (Fsp3) is 0.429. The highest BCUT2D eigenvalue weighted by Gasteiger charge is 2.22. The fourth-order valence-electron chi connectivity index (χ4n) is 2.09. The summed E-state index contributed by atoms with van der Waals surface area (Å²) in [5.74, 6) is -0.541.